The zero-order valence-corrected chi connectivity index (χ0v) is 16.1. The fourth-order valence-electron chi connectivity index (χ4n) is 3.89. The number of pyridine rings is 1. The highest BCUT2D eigenvalue weighted by Crippen LogP contribution is 2.32. The lowest BCUT2D eigenvalue weighted by Crippen LogP contribution is -2.13. The summed E-state index contributed by atoms with van der Waals surface area (Å²) in [5.41, 5.74) is 2.50. The Balaban J connectivity index is 1.47. The first kappa shape index (κ1) is 19.7. The maximum absolute atomic E-state index is 13.4. The number of halogens is 2. The first-order valence-electron chi connectivity index (χ1n) is 10.2. The van der Waals surface area contributed by atoms with Crippen LogP contribution >= 0.6 is 0 Å². The summed E-state index contributed by atoms with van der Waals surface area (Å²) in [6.45, 7) is 2.22. The normalized spacial score (nSPS) is 20.3. The maximum atomic E-state index is 13.4. The van der Waals surface area contributed by atoms with Crippen molar-refractivity contribution in [3.05, 3.63) is 65.9 Å². The summed E-state index contributed by atoms with van der Waals surface area (Å²) >= 11 is 0. The number of aromatic nitrogens is 1. The van der Waals surface area contributed by atoms with Gasteiger partial charge < -0.3 is 0 Å². The molecule has 1 nitrogen and oxygen atoms in total. The van der Waals surface area contributed by atoms with Gasteiger partial charge in [0, 0.05) is 11.8 Å². The Morgan fingerprint density at radius 1 is 1.04 bits per heavy atom. The predicted octanol–water partition coefficient (Wildman–Crippen LogP) is 7.12. The van der Waals surface area contributed by atoms with Crippen LogP contribution in [0.15, 0.2) is 48.7 Å². The van der Waals surface area contributed by atoms with Gasteiger partial charge in [0.1, 0.15) is 0 Å². The zero-order valence-electron chi connectivity index (χ0n) is 16.1. The summed E-state index contributed by atoms with van der Waals surface area (Å²) in [5.74, 6) is -0.0685. The van der Waals surface area contributed by atoms with Crippen LogP contribution < -0.4 is 0 Å². The van der Waals surface area contributed by atoms with E-state index in [1.54, 1.807) is 6.07 Å². The van der Waals surface area contributed by atoms with Crippen molar-refractivity contribution in [2.75, 3.05) is 0 Å². The molecule has 3 rings (SSSR count). The highest BCUT2D eigenvalue weighted by molar-refractivity contribution is 5.59. The molecule has 0 N–H and O–H groups in total. The Morgan fingerprint density at radius 3 is 2.52 bits per heavy atom. The molecule has 27 heavy (non-hydrogen) atoms. The Kier molecular flexibility index (Phi) is 7.14. The van der Waals surface area contributed by atoms with Gasteiger partial charge in [0.15, 0.2) is 11.6 Å². The molecule has 1 saturated carbocycles. The number of allylic oxidation sites excluding steroid dienone is 2. The molecular formula is C24H29F2N. The number of nitrogens with zero attached hydrogens (tertiary/aromatic N) is 1. The number of unbranched alkanes of at least 4 members (excludes halogenated alkanes) is 1. The summed E-state index contributed by atoms with van der Waals surface area (Å²) in [5, 5.41) is 0. The van der Waals surface area contributed by atoms with E-state index in [4.69, 9.17) is 0 Å². The number of hydrogen-bond donors (Lipinski definition) is 0. The van der Waals surface area contributed by atoms with Gasteiger partial charge in [0.2, 0.25) is 0 Å². The molecule has 0 atom stereocenters. The minimum Gasteiger partial charge on any atom is -0.256 e. The molecule has 2 aromatic rings. The first-order valence-corrected chi connectivity index (χ1v) is 10.2. The van der Waals surface area contributed by atoms with Gasteiger partial charge in [-0.3, -0.25) is 4.98 Å². The van der Waals surface area contributed by atoms with E-state index in [2.05, 4.69) is 30.1 Å². The summed E-state index contributed by atoms with van der Waals surface area (Å²) in [6.07, 6.45) is 16.6. The van der Waals surface area contributed by atoms with Crippen LogP contribution in [-0.4, -0.2) is 4.98 Å². The van der Waals surface area contributed by atoms with E-state index in [1.165, 1.54) is 56.6 Å². The molecule has 144 valence electrons. The molecule has 1 aromatic carbocycles. The van der Waals surface area contributed by atoms with Crippen molar-refractivity contribution < 1.29 is 8.78 Å². The Morgan fingerprint density at radius 2 is 1.85 bits per heavy atom. The second kappa shape index (κ2) is 9.77. The van der Waals surface area contributed by atoms with Crippen LogP contribution in [0.1, 0.15) is 57.4 Å². The molecule has 1 heterocycles. The van der Waals surface area contributed by atoms with Gasteiger partial charge in [-0.05, 0) is 86.6 Å². The van der Waals surface area contributed by atoms with Gasteiger partial charge in [-0.1, -0.05) is 31.6 Å². The van der Waals surface area contributed by atoms with Crippen molar-refractivity contribution in [2.45, 2.75) is 58.3 Å². The van der Waals surface area contributed by atoms with Crippen LogP contribution in [0, 0.1) is 23.5 Å². The molecule has 0 radical (unpaired) electrons. The van der Waals surface area contributed by atoms with Crippen LogP contribution in [0.3, 0.4) is 0 Å². The van der Waals surface area contributed by atoms with E-state index >= 15 is 0 Å². The highest BCUT2D eigenvalue weighted by Gasteiger charge is 2.19. The van der Waals surface area contributed by atoms with Crippen molar-refractivity contribution >= 4 is 0 Å². The van der Waals surface area contributed by atoms with Crippen molar-refractivity contribution in [3.63, 3.8) is 0 Å². The number of aryl methyl sites for hydroxylation is 1. The van der Waals surface area contributed by atoms with Gasteiger partial charge in [-0.2, -0.15) is 0 Å². The molecule has 0 bridgehead atoms. The lowest BCUT2D eigenvalue weighted by atomic mass is 9.79. The zero-order chi connectivity index (χ0) is 19.1. The summed E-state index contributed by atoms with van der Waals surface area (Å²) < 4.78 is 26.4. The third-order valence-electron chi connectivity index (χ3n) is 5.64. The van der Waals surface area contributed by atoms with Crippen molar-refractivity contribution in [1.29, 1.82) is 0 Å². The average Bonchev–Trinajstić information content (AvgIpc) is 2.70. The molecule has 0 saturated heterocycles. The number of benzene rings is 1. The van der Waals surface area contributed by atoms with Crippen LogP contribution in [0.2, 0.25) is 0 Å². The van der Waals surface area contributed by atoms with Crippen molar-refractivity contribution in [1.82, 2.24) is 4.98 Å². The lowest BCUT2D eigenvalue weighted by molar-refractivity contribution is 0.296. The second-order valence-electron chi connectivity index (χ2n) is 7.72. The minimum atomic E-state index is -0.835. The van der Waals surface area contributed by atoms with Crippen LogP contribution in [0.25, 0.3) is 11.3 Å². The Bertz CT molecular complexity index is 743. The largest absolute Gasteiger partial charge is 0.256 e. The summed E-state index contributed by atoms with van der Waals surface area (Å²) in [4.78, 5) is 4.44. The van der Waals surface area contributed by atoms with Gasteiger partial charge in [-0.15, -0.1) is 0 Å². The second-order valence-corrected chi connectivity index (χ2v) is 7.72. The van der Waals surface area contributed by atoms with E-state index < -0.39 is 11.6 Å². The molecule has 0 unspecified atom stereocenters. The van der Waals surface area contributed by atoms with Crippen molar-refractivity contribution in [2.24, 2.45) is 11.8 Å². The third kappa shape index (κ3) is 5.72. The predicted molar refractivity (Wildman–Crippen MR) is 107 cm³/mol. The van der Waals surface area contributed by atoms with E-state index in [-0.39, 0.29) is 0 Å². The van der Waals surface area contributed by atoms with Crippen LogP contribution in [-0.2, 0) is 6.42 Å². The molecule has 0 aliphatic heterocycles. The van der Waals surface area contributed by atoms with Gasteiger partial charge >= 0.3 is 0 Å². The highest BCUT2D eigenvalue weighted by atomic mass is 19.2. The smallest absolute Gasteiger partial charge is 0.159 e. The molecule has 1 fully saturated rings. The molecule has 0 spiro atoms. The summed E-state index contributed by atoms with van der Waals surface area (Å²) in [7, 11) is 0. The molecule has 0 amide bonds. The standard InChI is InChI=1S/C24H29F2N/c1-2-3-4-5-18-6-8-19(9-7-18)10-11-20-12-15-24(27-17-20)21-13-14-22(25)23(26)16-21/h4-5,12-19H,2-3,6-11H2,1H3/b5-4+. The van der Waals surface area contributed by atoms with E-state index in [0.717, 1.165) is 24.3 Å². The fourth-order valence-corrected chi connectivity index (χ4v) is 3.89. The topological polar surface area (TPSA) is 12.9 Å². The number of rotatable bonds is 7. The van der Waals surface area contributed by atoms with E-state index in [9.17, 15) is 8.78 Å². The molecule has 1 aliphatic carbocycles. The molecular weight excluding hydrogens is 340 g/mol. The average molecular weight is 369 g/mol. The van der Waals surface area contributed by atoms with E-state index in [0.29, 0.717) is 11.3 Å². The van der Waals surface area contributed by atoms with Crippen LogP contribution in [0.4, 0.5) is 8.78 Å². The van der Waals surface area contributed by atoms with E-state index in [1.807, 2.05) is 12.3 Å². The SMILES string of the molecule is CCC/C=C/C1CCC(CCc2ccc(-c3ccc(F)c(F)c3)nc2)CC1. The van der Waals surface area contributed by atoms with Gasteiger partial charge in [-0.25, -0.2) is 8.78 Å². The molecule has 3 heteroatoms. The number of hydrogen-bond acceptors (Lipinski definition) is 1. The lowest BCUT2D eigenvalue weighted by Gasteiger charge is -2.26. The Labute approximate surface area is 161 Å². The monoisotopic (exact) mass is 369 g/mol. The fraction of sp³-hybridized carbons (Fsp3) is 0.458. The summed E-state index contributed by atoms with van der Waals surface area (Å²) in [6, 6.07) is 7.87. The van der Waals surface area contributed by atoms with Gasteiger partial charge in [0.05, 0.1) is 5.69 Å². The quantitative estimate of drug-likeness (QED) is 0.473. The minimum absolute atomic E-state index is 0.606. The molecule has 1 aliphatic rings. The van der Waals surface area contributed by atoms with Crippen molar-refractivity contribution in [3.8, 4) is 11.3 Å². The van der Waals surface area contributed by atoms with Gasteiger partial charge in [0.25, 0.3) is 0 Å². The third-order valence-corrected chi connectivity index (χ3v) is 5.64. The first-order chi connectivity index (χ1) is 13.2. The van der Waals surface area contributed by atoms with Crippen LogP contribution in [0.5, 0.6) is 0 Å². The Hall–Kier alpha value is -2.03. The molecule has 1 aromatic heterocycles. The maximum Gasteiger partial charge on any atom is 0.159 e.